The maximum atomic E-state index is 6.22. The van der Waals surface area contributed by atoms with Gasteiger partial charge < -0.3 is 15.4 Å². The molecule has 0 amide bonds. The standard InChI is InChI=1S/C19H17Cl2N3O/c20-14-7-13(8-15(21)10-14)17-9-12-1-2-16(11-18(12)23-19(17)22)24-3-5-25-6-4-24/h1-2,7-11H,3-6H2,(H2,22,23). The highest BCUT2D eigenvalue weighted by Crippen LogP contribution is 2.33. The second-order valence-electron chi connectivity index (χ2n) is 6.06. The lowest BCUT2D eigenvalue weighted by Crippen LogP contribution is -2.36. The van der Waals surface area contributed by atoms with Gasteiger partial charge in [-0.05, 0) is 42.0 Å². The summed E-state index contributed by atoms with van der Waals surface area (Å²) < 4.78 is 5.41. The van der Waals surface area contributed by atoms with Crippen molar-refractivity contribution in [3.8, 4) is 11.1 Å². The number of nitrogen functional groups attached to an aromatic ring is 1. The SMILES string of the molecule is Nc1nc2cc(N3CCOCC3)ccc2cc1-c1cc(Cl)cc(Cl)c1. The average molecular weight is 374 g/mol. The normalized spacial score (nSPS) is 14.9. The molecule has 0 unspecified atom stereocenters. The van der Waals surface area contributed by atoms with Gasteiger partial charge in [0.15, 0.2) is 0 Å². The molecular weight excluding hydrogens is 357 g/mol. The molecule has 0 spiro atoms. The molecule has 0 aliphatic carbocycles. The molecule has 1 aliphatic heterocycles. The number of nitrogens with zero attached hydrogens (tertiary/aromatic N) is 2. The van der Waals surface area contributed by atoms with Crippen molar-refractivity contribution in [1.82, 2.24) is 4.98 Å². The lowest BCUT2D eigenvalue weighted by atomic mass is 10.0. The fraction of sp³-hybridized carbons (Fsp3) is 0.211. The van der Waals surface area contributed by atoms with E-state index < -0.39 is 0 Å². The van der Waals surface area contributed by atoms with Crippen molar-refractivity contribution < 1.29 is 4.74 Å². The maximum Gasteiger partial charge on any atom is 0.132 e. The molecule has 25 heavy (non-hydrogen) atoms. The Morgan fingerprint density at radius 1 is 0.960 bits per heavy atom. The van der Waals surface area contributed by atoms with E-state index in [-0.39, 0.29) is 0 Å². The Bertz CT molecular complexity index is 919. The zero-order valence-corrected chi connectivity index (χ0v) is 15.0. The van der Waals surface area contributed by atoms with E-state index in [4.69, 9.17) is 33.7 Å². The first-order chi connectivity index (χ1) is 12.1. The first-order valence-electron chi connectivity index (χ1n) is 8.09. The van der Waals surface area contributed by atoms with E-state index >= 15 is 0 Å². The van der Waals surface area contributed by atoms with Crippen LogP contribution < -0.4 is 10.6 Å². The molecule has 1 fully saturated rings. The van der Waals surface area contributed by atoms with Gasteiger partial charge in [0, 0.05) is 39.8 Å². The number of hydrogen-bond acceptors (Lipinski definition) is 4. The molecule has 2 aromatic carbocycles. The number of ether oxygens (including phenoxy) is 1. The molecule has 0 saturated carbocycles. The van der Waals surface area contributed by atoms with Crippen LogP contribution in [-0.2, 0) is 4.74 Å². The summed E-state index contributed by atoms with van der Waals surface area (Å²) in [6.07, 6.45) is 0. The van der Waals surface area contributed by atoms with Crippen LogP contribution in [0.2, 0.25) is 10.0 Å². The summed E-state index contributed by atoms with van der Waals surface area (Å²) >= 11 is 12.2. The third-order valence-electron chi connectivity index (χ3n) is 4.38. The number of halogens is 2. The molecule has 2 heterocycles. The minimum atomic E-state index is 0.463. The van der Waals surface area contributed by atoms with Crippen molar-refractivity contribution in [2.75, 3.05) is 36.9 Å². The smallest absolute Gasteiger partial charge is 0.132 e. The van der Waals surface area contributed by atoms with Crippen molar-refractivity contribution in [3.05, 3.63) is 52.5 Å². The predicted octanol–water partition coefficient (Wildman–Crippen LogP) is 4.63. The number of morpholine rings is 1. The van der Waals surface area contributed by atoms with E-state index in [2.05, 4.69) is 28.1 Å². The van der Waals surface area contributed by atoms with Gasteiger partial charge in [-0.1, -0.05) is 29.3 Å². The molecule has 1 saturated heterocycles. The summed E-state index contributed by atoms with van der Waals surface area (Å²) in [5.41, 5.74) is 9.92. The van der Waals surface area contributed by atoms with Gasteiger partial charge in [-0.15, -0.1) is 0 Å². The van der Waals surface area contributed by atoms with Crippen LogP contribution in [0.25, 0.3) is 22.0 Å². The molecular formula is C19H17Cl2N3O. The summed E-state index contributed by atoms with van der Waals surface area (Å²) in [7, 11) is 0. The summed E-state index contributed by atoms with van der Waals surface area (Å²) in [4.78, 5) is 6.90. The first-order valence-corrected chi connectivity index (χ1v) is 8.85. The maximum absolute atomic E-state index is 6.22. The zero-order valence-electron chi connectivity index (χ0n) is 13.5. The third kappa shape index (κ3) is 3.38. The minimum absolute atomic E-state index is 0.463. The first kappa shape index (κ1) is 16.5. The molecule has 4 rings (SSSR count). The van der Waals surface area contributed by atoms with Crippen LogP contribution in [0.4, 0.5) is 11.5 Å². The van der Waals surface area contributed by atoms with Gasteiger partial charge in [-0.25, -0.2) is 4.98 Å². The van der Waals surface area contributed by atoms with E-state index in [1.54, 1.807) is 6.07 Å². The second-order valence-corrected chi connectivity index (χ2v) is 6.93. The third-order valence-corrected chi connectivity index (χ3v) is 4.82. The van der Waals surface area contributed by atoms with Gasteiger partial charge in [0.25, 0.3) is 0 Å². The predicted molar refractivity (Wildman–Crippen MR) is 105 cm³/mol. The van der Waals surface area contributed by atoms with E-state index in [0.717, 1.165) is 54.0 Å². The summed E-state index contributed by atoms with van der Waals surface area (Å²) in [5, 5.41) is 2.17. The van der Waals surface area contributed by atoms with Crippen LogP contribution in [-0.4, -0.2) is 31.3 Å². The van der Waals surface area contributed by atoms with Crippen LogP contribution in [0.5, 0.6) is 0 Å². The van der Waals surface area contributed by atoms with Gasteiger partial charge in [0.1, 0.15) is 5.82 Å². The largest absolute Gasteiger partial charge is 0.383 e. The molecule has 4 nitrogen and oxygen atoms in total. The number of benzene rings is 2. The molecule has 0 bridgehead atoms. The fourth-order valence-corrected chi connectivity index (χ4v) is 3.66. The highest BCUT2D eigenvalue weighted by Gasteiger charge is 2.13. The summed E-state index contributed by atoms with van der Waals surface area (Å²) in [5.74, 6) is 0.463. The molecule has 3 aromatic rings. The number of anilines is 2. The number of fused-ring (bicyclic) bond motifs is 1. The Morgan fingerprint density at radius 2 is 1.68 bits per heavy atom. The van der Waals surface area contributed by atoms with Crippen LogP contribution >= 0.6 is 23.2 Å². The summed E-state index contributed by atoms with van der Waals surface area (Å²) in [6.45, 7) is 3.28. The van der Waals surface area contributed by atoms with E-state index in [9.17, 15) is 0 Å². The van der Waals surface area contributed by atoms with Gasteiger partial charge in [-0.2, -0.15) is 0 Å². The Balaban J connectivity index is 1.77. The molecule has 6 heteroatoms. The Morgan fingerprint density at radius 3 is 2.40 bits per heavy atom. The molecule has 128 valence electrons. The van der Waals surface area contributed by atoms with E-state index in [0.29, 0.717) is 15.9 Å². The monoisotopic (exact) mass is 373 g/mol. The Kier molecular flexibility index (Phi) is 4.42. The fourth-order valence-electron chi connectivity index (χ4n) is 3.13. The van der Waals surface area contributed by atoms with Crippen molar-refractivity contribution in [2.24, 2.45) is 0 Å². The molecule has 0 atom stereocenters. The van der Waals surface area contributed by atoms with Crippen molar-refractivity contribution in [2.45, 2.75) is 0 Å². The zero-order chi connectivity index (χ0) is 17.4. The van der Waals surface area contributed by atoms with Crippen LogP contribution in [0.1, 0.15) is 0 Å². The highest BCUT2D eigenvalue weighted by molar-refractivity contribution is 6.35. The molecule has 2 N–H and O–H groups in total. The number of hydrogen-bond donors (Lipinski definition) is 1. The minimum Gasteiger partial charge on any atom is -0.383 e. The topological polar surface area (TPSA) is 51.4 Å². The molecule has 0 radical (unpaired) electrons. The van der Waals surface area contributed by atoms with Gasteiger partial charge in [0.2, 0.25) is 0 Å². The number of aromatic nitrogens is 1. The van der Waals surface area contributed by atoms with Crippen LogP contribution in [0.15, 0.2) is 42.5 Å². The highest BCUT2D eigenvalue weighted by atomic mass is 35.5. The second kappa shape index (κ2) is 6.71. The van der Waals surface area contributed by atoms with Crippen LogP contribution in [0, 0.1) is 0 Å². The van der Waals surface area contributed by atoms with Gasteiger partial charge in [0.05, 0.1) is 18.7 Å². The van der Waals surface area contributed by atoms with E-state index in [1.807, 2.05) is 18.2 Å². The average Bonchev–Trinajstić information content (AvgIpc) is 2.60. The number of nitrogens with two attached hydrogens (primary N) is 1. The van der Waals surface area contributed by atoms with Crippen molar-refractivity contribution in [3.63, 3.8) is 0 Å². The summed E-state index contributed by atoms with van der Waals surface area (Å²) in [6, 6.07) is 13.7. The van der Waals surface area contributed by atoms with Crippen molar-refractivity contribution in [1.29, 1.82) is 0 Å². The quantitative estimate of drug-likeness (QED) is 0.711. The molecule has 1 aliphatic rings. The van der Waals surface area contributed by atoms with Gasteiger partial charge >= 0.3 is 0 Å². The lowest BCUT2D eigenvalue weighted by Gasteiger charge is -2.29. The Labute approximate surface area is 156 Å². The van der Waals surface area contributed by atoms with Crippen molar-refractivity contribution >= 4 is 45.6 Å². The van der Waals surface area contributed by atoms with Gasteiger partial charge in [-0.3, -0.25) is 0 Å². The lowest BCUT2D eigenvalue weighted by molar-refractivity contribution is 0.122. The Hall–Kier alpha value is -2.01. The molecule has 1 aromatic heterocycles. The van der Waals surface area contributed by atoms with E-state index in [1.165, 1.54) is 0 Å². The number of pyridine rings is 1. The van der Waals surface area contributed by atoms with Crippen LogP contribution in [0.3, 0.4) is 0 Å². The number of rotatable bonds is 2.